The summed E-state index contributed by atoms with van der Waals surface area (Å²) in [6.07, 6.45) is -0.0676. The van der Waals surface area contributed by atoms with Crippen molar-refractivity contribution >= 4 is 27.3 Å². The standard InChI is InChI=1S/C11H14BrN3O3/c12-8-1-2-10(11(5-8)15(16)17)14-3-4-18-9(6-13)7-14/h1-2,5,9H,3-4,6-7,13H2. The molecule has 1 aliphatic rings. The fourth-order valence-corrected chi connectivity index (χ4v) is 2.34. The van der Waals surface area contributed by atoms with Crippen LogP contribution in [-0.2, 0) is 4.74 Å². The number of hydrogen-bond acceptors (Lipinski definition) is 5. The highest BCUT2D eigenvalue weighted by Gasteiger charge is 2.25. The molecule has 0 saturated carbocycles. The zero-order valence-electron chi connectivity index (χ0n) is 9.71. The first-order chi connectivity index (χ1) is 8.61. The van der Waals surface area contributed by atoms with E-state index in [4.69, 9.17) is 10.5 Å². The van der Waals surface area contributed by atoms with Crippen LogP contribution in [0.25, 0.3) is 0 Å². The largest absolute Gasteiger partial charge is 0.373 e. The summed E-state index contributed by atoms with van der Waals surface area (Å²) < 4.78 is 6.15. The Morgan fingerprint density at radius 2 is 2.39 bits per heavy atom. The molecule has 0 bridgehead atoms. The van der Waals surface area contributed by atoms with Crippen LogP contribution in [0, 0.1) is 10.1 Å². The second-order valence-electron chi connectivity index (χ2n) is 4.06. The molecule has 98 valence electrons. The van der Waals surface area contributed by atoms with Gasteiger partial charge in [0.1, 0.15) is 5.69 Å². The zero-order chi connectivity index (χ0) is 13.1. The second-order valence-corrected chi connectivity index (χ2v) is 4.98. The molecule has 1 unspecified atom stereocenters. The van der Waals surface area contributed by atoms with Gasteiger partial charge in [-0.15, -0.1) is 0 Å². The van der Waals surface area contributed by atoms with Crippen molar-refractivity contribution in [3.63, 3.8) is 0 Å². The van der Waals surface area contributed by atoms with Crippen molar-refractivity contribution in [1.29, 1.82) is 0 Å². The molecule has 1 heterocycles. The van der Waals surface area contributed by atoms with Crippen LogP contribution in [-0.4, -0.2) is 37.3 Å². The molecule has 2 N–H and O–H groups in total. The van der Waals surface area contributed by atoms with Crippen LogP contribution in [0.1, 0.15) is 0 Å². The Morgan fingerprint density at radius 3 is 3.06 bits per heavy atom. The van der Waals surface area contributed by atoms with Crippen LogP contribution in [0.5, 0.6) is 0 Å². The van der Waals surface area contributed by atoms with E-state index in [1.165, 1.54) is 6.07 Å². The number of nitrogens with zero attached hydrogens (tertiary/aromatic N) is 2. The first-order valence-corrected chi connectivity index (χ1v) is 6.41. The van der Waals surface area contributed by atoms with Crippen LogP contribution < -0.4 is 10.6 Å². The molecule has 1 atom stereocenters. The van der Waals surface area contributed by atoms with E-state index in [2.05, 4.69) is 15.9 Å². The van der Waals surface area contributed by atoms with Gasteiger partial charge in [0, 0.05) is 30.2 Å². The Balaban J connectivity index is 2.29. The minimum atomic E-state index is -0.368. The fraction of sp³-hybridized carbons (Fsp3) is 0.455. The lowest BCUT2D eigenvalue weighted by atomic mass is 10.2. The van der Waals surface area contributed by atoms with Gasteiger partial charge in [-0.1, -0.05) is 15.9 Å². The average molecular weight is 316 g/mol. The minimum absolute atomic E-state index is 0.0676. The molecule has 0 radical (unpaired) electrons. The molecular weight excluding hydrogens is 302 g/mol. The summed E-state index contributed by atoms with van der Waals surface area (Å²) in [5.74, 6) is 0. The maximum atomic E-state index is 11.1. The number of nitrogens with two attached hydrogens (primary N) is 1. The van der Waals surface area contributed by atoms with E-state index in [1.54, 1.807) is 12.1 Å². The van der Waals surface area contributed by atoms with Gasteiger partial charge in [-0.25, -0.2) is 0 Å². The molecule has 7 heteroatoms. The molecule has 1 saturated heterocycles. The molecule has 1 aromatic rings. The number of nitro benzene ring substituents is 1. The van der Waals surface area contributed by atoms with Gasteiger partial charge in [0.05, 0.1) is 17.6 Å². The summed E-state index contributed by atoms with van der Waals surface area (Å²) in [4.78, 5) is 12.7. The van der Waals surface area contributed by atoms with Crippen molar-refractivity contribution in [2.24, 2.45) is 5.73 Å². The number of benzene rings is 1. The van der Waals surface area contributed by atoms with Crippen LogP contribution in [0.15, 0.2) is 22.7 Å². The summed E-state index contributed by atoms with van der Waals surface area (Å²) in [6, 6.07) is 5.07. The van der Waals surface area contributed by atoms with Crippen molar-refractivity contribution in [1.82, 2.24) is 0 Å². The minimum Gasteiger partial charge on any atom is -0.373 e. The maximum absolute atomic E-state index is 11.1. The van der Waals surface area contributed by atoms with Gasteiger partial charge < -0.3 is 15.4 Å². The maximum Gasteiger partial charge on any atom is 0.293 e. The molecule has 1 aromatic carbocycles. The Bertz CT molecular complexity index is 455. The molecule has 6 nitrogen and oxygen atoms in total. The Hall–Kier alpha value is -1.18. The molecule has 2 rings (SSSR count). The van der Waals surface area contributed by atoms with Gasteiger partial charge in [0.15, 0.2) is 0 Å². The lowest BCUT2D eigenvalue weighted by molar-refractivity contribution is -0.384. The van der Waals surface area contributed by atoms with Crippen LogP contribution in [0.2, 0.25) is 0 Å². The molecule has 0 spiro atoms. The number of anilines is 1. The lowest BCUT2D eigenvalue weighted by Gasteiger charge is -2.33. The molecule has 18 heavy (non-hydrogen) atoms. The highest BCUT2D eigenvalue weighted by molar-refractivity contribution is 9.10. The predicted molar refractivity (Wildman–Crippen MR) is 71.8 cm³/mol. The average Bonchev–Trinajstić information content (AvgIpc) is 2.38. The molecule has 0 amide bonds. The number of nitro groups is 1. The van der Waals surface area contributed by atoms with Crippen LogP contribution in [0.4, 0.5) is 11.4 Å². The summed E-state index contributed by atoms with van der Waals surface area (Å²) in [5, 5.41) is 11.1. The van der Waals surface area contributed by atoms with Crippen LogP contribution in [0.3, 0.4) is 0 Å². The molecule has 0 aromatic heterocycles. The second kappa shape index (κ2) is 5.64. The lowest BCUT2D eigenvalue weighted by Crippen LogP contribution is -2.45. The number of rotatable bonds is 3. The topological polar surface area (TPSA) is 81.6 Å². The summed E-state index contributed by atoms with van der Waals surface area (Å²) in [5.41, 5.74) is 6.29. The van der Waals surface area contributed by atoms with E-state index in [-0.39, 0.29) is 16.7 Å². The Kier molecular flexibility index (Phi) is 4.15. The summed E-state index contributed by atoms with van der Waals surface area (Å²) in [6.45, 7) is 2.17. The van der Waals surface area contributed by atoms with Gasteiger partial charge in [0.25, 0.3) is 5.69 Å². The van der Waals surface area contributed by atoms with Crippen molar-refractivity contribution in [3.8, 4) is 0 Å². The van der Waals surface area contributed by atoms with E-state index >= 15 is 0 Å². The van der Waals surface area contributed by atoms with Crippen molar-refractivity contribution in [2.75, 3.05) is 31.1 Å². The molecule has 1 fully saturated rings. The van der Waals surface area contributed by atoms with E-state index in [9.17, 15) is 10.1 Å². The summed E-state index contributed by atoms with van der Waals surface area (Å²) >= 11 is 3.25. The van der Waals surface area contributed by atoms with Crippen LogP contribution >= 0.6 is 15.9 Å². The van der Waals surface area contributed by atoms with Gasteiger partial charge in [-0.05, 0) is 12.1 Å². The van der Waals surface area contributed by atoms with Gasteiger partial charge in [-0.2, -0.15) is 0 Å². The Labute approximate surface area is 113 Å². The number of ether oxygens (including phenoxy) is 1. The SMILES string of the molecule is NCC1CN(c2ccc(Br)cc2[N+](=O)[O-])CCO1. The van der Waals surface area contributed by atoms with E-state index in [0.29, 0.717) is 36.4 Å². The number of halogens is 1. The monoisotopic (exact) mass is 315 g/mol. The highest BCUT2D eigenvalue weighted by Crippen LogP contribution is 2.32. The fourth-order valence-electron chi connectivity index (χ4n) is 1.99. The third kappa shape index (κ3) is 2.80. The van der Waals surface area contributed by atoms with Crippen molar-refractivity contribution in [2.45, 2.75) is 6.10 Å². The molecular formula is C11H14BrN3O3. The normalized spacial score (nSPS) is 19.9. The summed E-state index contributed by atoms with van der Waals surface area (Å²) in [7, 11) is 0. The predicted octanol–water partition coefficient (Wildman–Crippen LogP) is 1.52. The van der Waals surface area contributed by atoms with Gasteiger partial charge in [-0.3, -0.25) is 10.1 Å². The number of hydrogen-bond donors (Lipinski definition) is 1. The Morgan fingerprint density at radius 1 is 1.61 bits per heavy atom. The zero-order valence-corrected chi connectivity index (χ0v) is 11.3. The third-order valence-electron chi connectivity index (χ3n) is 2.88. The van der Waals surface area contributed by atoms with E-state index in [1.807, 2.05) is 4.90 Å². The van der Waals surface area contributed by atoms with E-state index < -0.39 is 0 Å². The third-order valence-corrected chi connectivity index (χ3v) is 3.37. The smallest absolute Gasteiger partial charge is 0.293 e. The molecule has 1 aliphatic heterocycles. The van der Waals surface area contributed by atoms with E-state index in [0.717, 1.165) is 0 Å². The van der Waals surface area contributed by atoms with Gasteiger partial charge in [0.2, 0.25) is 0 Å². The first kappa shape index (κ1) is 13.3. The van der Waals surface area contributed by atoms with Gasteiger partial charge >= 0.3 is 0 Å². The van der Waals surface area contributed by atoms with Crippen molar-refractivity contribution < 1.29 is 9.66 Å². The quantitative estimate of drug-likeness (QED) is 0.675. The molecule has 0 aliphatic carbocycles. The number of morpholine rings is 1. The van der Waals surface area contributed by atoms with Crippen molar-refractivity contribution in [3.05, 3.63) is 32.8 Å². The highest BCUT2D eigenvalue weighted by atomic mass is 79.9. The first-order valence-electron chi connectivity index (χ1n) is 5.62.